The predicted molar refractivity (Wildman–Crippen MR) is 84.9 cm³/mol. The number of aryl methyl sites for hydroxylation is 1. The molecule has 1 aromatic rings. The van der Waals surface area contributed by atoms with Gasteiger partial charge < -0.3 is 0 Å². The van der Waals surface area contributed by atoms with E-state index in [1.165, 1.54) is 16.7 Å². The molecule has 1 aliphatic rings. The second kappa shape index (κ2) is 6.19. The molecular weight excluding hydrogens is 308 g/mol. The number of amidine groups is 1. The Kier molecular flexibility index (Phi) is 4.73. The lowest BCUT2D eigenvalue weighted by molar-refractivity contribution is -0.125. The minimum Gasteiger partial charge on any atom is -0.290 e. The first-order chi connectivity index (χ1) is 9.89. The Morgan fingerprint density at radius 3 is 2.38 bits per heavy atom. The number of thioether (sulfide) groups is 1. The smallest absolute Gasteiger partial charge is 0.284 e. The summed E-state index contributed by atoms with van der Waals surface area (Å²) in [6.07, 6.45) is 0.848. The molecule has 0 N–H and O–H groups in total. The van der Waals surface area contributed by atoms with Crippen molar-refractivity contribution >= 4 is 32.9 Å². The third-order valence-corrected chi connectivity index (χ3v) is 5.75. The lowest BCUT2D eigenvalue weighted by atomic mass is 10.2. The SMILES string of the molecule is CCc1ccc(S(=O)(=O)N=C2SC(C)C(=O)N2CC)cc1. The van der Waals surface area contributed by atoms with Crippen molar-refractivity contribution in [2.45, 2.75) is 37.3 Å². The fraction of sp³-hybridized carbons (Fsp3) is 0.429. The van der Waals surface area contributed by atoms with E-state index in [2.05, 4.69) is 4.40 Å². The van der Waals surface area contributed by atoms with Crippen molar-refractivity contribution in [3.8, 4) is 0 Å². The van der Waals surface area contributed by atoms with Gasteiger partial charge in [0.15, 0.2) is 5.17 Å². The van der Waals surface area contributed by atoms with E-state index in [4.69, 9.17) is 0 Å². The minimum absolute atomic E-state index is 0.0993. The van der Waals surface area contributed by atoms with Crippen LogP contribution in [0.15, 0.2) is 33.6 Å². The molecular formula is C14H18N2O3S2. The van der Waals surface area contributed by atoms with Crippen molar-refractivity contribution in [2.24, 2.45) is 4.40 Å². The van der Waals surface area contributed by atoms with Gasteiger partial charge in [-0.2, -0.15) is 8.42 Å². The van der Waals surface area contributed by atoms with Crippen LogP contribution in [0.4, 0.5) is 0 Å². The Morgan fingerprint density at radius 2 is 1.86 bits per heavy atom. The molecule has 1 unspecified atom stereocenters. The quantitative estimate of drug-likeness (QED) is 0.851. The average molecular weight is 326 g/mol. The van der Waals surface area contributed by atoms with Gasteiger partial charge in [0.05, 0.1) is 10.1 Å². The Balaban J connectivity index is 2.35. The highest BCUT2D eigenvalue weighted by Crippen LogP contribution is 2.28. The van der Waals surface area contributed by atoms with Crippen LogP contribution in [0.3, 0.4) is 0 Å². The van der Waals surface area contributed by atoms with Gasteiger partial charge in [-0.3, -0.25) is 9.69 Å². The topological polar surface area (TPSA) is 66.8 Å². The number of benzene rings is 1. The van der Waals surface area contributed by atoms with Crippen LogP contribution in [0.2, 0.25) is 0 Å². The molecule has 0 aliphatic carbocycles. The summed E-state index contributed by atoms with van der Waals surface area (Å²) in [5, 5.41) is -0.0315. The van der Waals surface area contributed by atoms with Gasteiger partial charge in [0.2, 0.25) is 5.91 Å². The Hall–Kier alpha value is -1.34. The van der Waals surface area contributed by atoms with E-state index in [0.717, 1.165) is 12.0 Å². The molecule has 2 rings (SSSR count). The summed E-state index contributed by atoms with van der Waals surface area (Å²) >= 11 is 1.18. The number of carbonyl (C=O) groups excluding carboxylic acids is 1. The van der Waals surface area contributed by atoms with Crippen molar-refractivity contribution in [3.05, 3.63) is 29.8 Å². The number of hydrogen-bond acceptors (Lipinski definition) is 4. The van der Waals surface area contributed by atoms with Crippen molar-refractivity contribution in [2.75, 3.05) is 6.54 Å². The summed E-state index contributed by atoms with van der Waals surface area (Å²) in [6, 6.07) is 6.67. The number of amides is 1. The molecule has 1 fully saturated rings. The second-order valence-electron chi connectivity index (χ2n) is 4.69. The largest absolute Gasteiger partial charge is 0.290 e. The molecule has 0 saturated carbocycles. The van der Waals surface area contributed by atoms with Gasteiger partial charge in [0.25, 0.3) is 10.0 Å². The van der Waals surface area contributed by atoms with Gasteiger partial charge in [-0.05, 0) is 38.0 Å². The van der Waals surface area contributed by atoms with Crippen molar-refractivity contribution in [1.29, 1.82) is 0 Å². The first-order valence-electron chi connectivity index (χ1n) is 6.81. The normalized spacial score (nSPS) is 21.3. The third kappa shape index (κ3) is 3.29. The van der Waals surface area contributed by atoms with E-state index in [0.29, 0.717) is 6.54 Å². The number of sulfonamides is 1. The summed E-state index contributed by atoms with van der Waals surface area (Å²) in [7, 11) is -3.79. The molecule has 1 heterocycles. The molecule has 0 radical (unpaired) electrons. The fourth-order valence-corrected chi connectivity index (χ4v) is 4.25. The lowest BCUT2D eigenvalue weighted by Gasteiger charge is -2.12. The summed E-state index contributed by atoms with van der Waals surface area (Å²) in [5.74, 6) is -0.0993. The molecule has 21 heavy (non-hydrogen) atoms. The Labute approximate surface area is 129 Å². The van der Waals surface area contributed by atoms with Gasteiger partial charge in [-0.1, -0.05) is 30.8 Å². The number of hydrogen-bond donors (Lipinski definition) is 0. The second-order valence-corrected chi connectivity index (χ2v) is 7.60. The van der Waals surface area contributed by atoms with Crippen LogP contribution < -0.4 is 0 Å². The highest BCUT2D eigenvalue weighted by molar-refractivity contribution is 8.16. The predicted octanol–water partition coefficient (Wildman–Crippen LogP) is 2.28. The molecule has 1 aliphatic heterocycles. The zero-order chi connectivity index (χ0) is 15.6. The van der Waals surface area contributed by atoms with E-state index in [1.54, 1.807) is 38.1 Å². The average Bonchev–Trinajstić information content (AvgIpc) is 2.72. The van der Waals surface area contributed by atoms with E-state index in [1.807, 2.05) is 6.92 Å². The van der Waals surface area contributed by atoms with E-state index >= 15 is 0 Å². The van der Waals surface area contributed by atoms with Gasteiger partial charge >= 0.3 is 0 Å². The number of nitrogens with zero attached hydrogens (tertiary/aromatic N) is 2. The molecule has 1 atom stereocenters. The molecule has 1 saturated heterocycles. The molecule has 0 aromatic heterocycles. The molecule has 1 aromatic carbocycles. The van der Waals surface area contributed by atoms with Gasteiger partial charge in [0, 0.05) is 6.54 Å². The van der Waals surface area contributed by atoms with Gasteiger partial charge in [0.1, 0.15) is 0 Å². The van der Waals surface area contributed by atoms with Gasteiger partial charge in [-0.25, -0.2) is 0 Å². The van der Waals surface area contributed by atoms with Crippen LogP contribution in [0.5, 0.6) is 0 Å². The Morgan fingerprint density at radius 1 is 1.24 bits per heavy atom. The van der Waals surface area contributed by atoms with Gasteiger partial charge in [-0.15, -0.1) is 4.40 Å². The summed E-state index contributed by atoms with van der Waals surface area (Å²) in [6.45, 7) is 5.97. The summed E-state index contributed by atoms with van der Waals surface area (Å²) < 4.78 is 28.5. The first kappa shape index (κ1) is 16.0. The van der Waals surface area contributed by atoms with Crippen molar-refractivity contribution in [3.63, 3.8) is 0 Å². The minimum atomic E-state index is -3.79. The zero-order valence-electron chi connectivity index (χ0n) is 12.2. The lowest BCUT2D eigenvalue weighted by Crippen LogP contribution is -2.31. The number of carbonyl (C=O) groups is 1. The van der Waals surface area contributed by atoms with Crippen LogP contribution in [0.1, 0.15) is 26.3 Å². The maximum absolute atomic E-state index is 12.3. The zero-order valence-corrected chi connectivity index (χ0v) is 13.9. The molecule has 5 nitrogen and oxygen atoms in total. The first-order valence-corrected chi connectivity index (χ1v) is 9.13. The molecule has 1 amide bonds. The monoisotopic (exact) mass is 326 g/mol. The summed E-state index contributed by atoms with van der Waals surface area (Å²) in [5.41, 5.74) is 1.07. The fourth-order valence-electron chi connectivity index (χ4n) is 2.00. The third-order valence-electron chi connectivity index (χ3n) is 3.27. The molecule has 7 heteroatoms. The van der Waals surface area contributed by atoms with E-state index < -0.39 is 10.0 Å². The van der Waals surface area contributed by atoms with Crippen LogP contribution >= 0.6 is 11.8 Å². The van der Waals surface area contributed by atoms with E-state index in [-0.39, 0.29) is 21.2 Å². The maximum atomic E-state index is 12.3. The number of rotatable bonds is 4. The highest BCUT2D eigenvalue weighted by Gasteiger charge is 2.35. The summed E-state index contributed by atoms with van der Waals surface area (Å²) in [4.78, 5) is 13.4. The van der Waals surface area contributed by atoms with Crippen LogP contribution in [-0.2, 0) is 21.2 Å². The highest BCUT2D eigenvalue weighted by atomic mass is 32.2. The maximum Gasteiger partial charge on any atom is 0.284 e. The molecule has 0 spiro atoms. The standard InChI is InChI=1S/C14H18N2O3S2/c1-4-11-6-8-12(9-7-11)21(18,19)15-14-16(5-2)13(17)10(3)20-14/h6-10H,4-5H2,1-3H3. The van der Waals surface area contributed by atoms with Crippen LogP contribution in [-0.4, -0.2) is 36.2 Å². The van der Waals surface area contributed by atoms with E-state index in [9.17, 15) is 13.2 Å². The molecule has 114 valence electrons. The molecule has 0 bridgehead atoms. The van der Waals surface area contributed by atoms with Crippen molar-refractivity contribution in [1.82, 2.24) is 4.90 Å². The van der Waals surface area contributed by atoms with Crippen LogP contribution in [0.25, 0.3) is 0 Å². The van der Waals surface area contributed by atoms with Crippen molar-refractivity contribution < 1.29 is 13.2 Å². The Bertz CT molecular complexity index is 666. The van der Waals surface area contributed by atoms with Crippen LogP contribution in [0, 0.1) is 0 Å².